The molecule has 0 rings (SSSR count). The lowest BCUT2D eigenvalue weighted by molar-refractivity contribution is 0.475. The molecule has 0 bridgehead atoms. The fourth-order valence-electron chi connectivity index (χ4n) is 0.0745. The van der Waals surface area contributed by atoms with Crippen LogP contribution in [0.25, 0.3) is 0 Å². The Morgan fingerprint density at radius 3 is 2.17 bits per heavy atom. The van der Waals surface area contributed by atoms with Gasteiger partial charge in [0.05, 0.1) is 7.35 Å². The van der Waals surface area contributed by atoms with E-state index < -0.39 is 0 Å². The van der Waals surface area contributed by atoms with Gasteiger partial charge < -0.3 is 4.52 Å². The summed E-state index contributed by atoms with van der Waals surface area (Å²) in [4.78, 5) is 0. The summed E-state index contributed by atoms with van der Waals surface area (Å²) in [5.74, 6) is 0. The fourth-order valence-corrected chi connectivity index (χ4v) is 0.671. The van der Waals surface area contributed by atoms with Crippen molar-refractivity contribution in [1.29, 1.82) is 0 Å². The van der Waals surface area contributed by atoms with Crippen molar-refractivity contribution < 1.29 is 4.52 Å². The van der Waals surface area contributed by atoms with E-state index in [1.807, 2.05) is 0 Å². The Balaban J connectivity index is 2.75. The van der Waals surface area contributed by atoms with Crippen molar-refractivity contribution >= 4 is 18.7 Å². The van der Waals surface area contributed by atoms with Crippen molar-refractivity contribution in [2.24, 2.45) is 0 Å². The van der Waals surface area contributed by atoms with E-state index in [9.17, 15) is 0 Å². The van der Waals surface area contributed by atoms with Crippen LogP contribution in [0.3, 0.4) is 0 Å². The van der Waals surface area contributed by atoms with Gasteiger partial charge in [0.15, 0.2) is 0 Å². The molecule has 0 aliphatic heterocycles. The summed E-state index contributed by atoms with van der Waals surface area (Å²) in [6.07, 6.45) is 2.05. The minimum atomic E-state index is -0.159. The SMILES string of the molecule is COP(C)SC. The van der Waals surface area contributed by atoms with Crippen LogP contribution >= 0.6 is 18.7 Å². The first-order valence-corrected chi connectivity index (χ1v) is 5.17. The first-order chi connectivity index (χ1) is 2.81. The Labute approximate surface area is 44.0 Å². The summed E-state index contributed by atoms with van der Waals surface area (Å²) < 4.78 is 4.93. The molecule has 1 unspecified atom stereocenters. The van der Waals surface area contributed by atoms with Crippen molar-refractivity contribution in [3.63, 3.8) is 0 Å². The molecule has 0 heterocycles. The third-order valence-electron chi connectivity index (χ3n) is 0.514. The average Bonchev–Trinajstić information content (AvgIpc) is 1.65. The highest BCUT2D eigenvalue weighted by Gasteiger charge is 1.89. The Kier molecular flexibility index (Phi) is 4.40. The van der Waals surface area contributed by atoms with Gasteiger partial charge in [0.2, 0.25) is 0 Å². The second kappa shape index (κ2) is 3.91. The summed E-state index contributed by atoms with van der Waals surface area (Å²) in [6.45, 7) is 2.08. The maximum Gasteiger partial charge on any atom is 0.0848 e. The molecule has 0 radical (unpaired) electrons. The highest BCUT2D eigenvalue weighted by molar-refractivity contribution is 8.53. The van der Waals surface area contributed by atoms with Crippen molar-refractivity contribution in [3.8, 4) is 0 Å². The van der Waals surface area contributed by atoms with Crippen LogP contribution in [0, 0.1) is 0 Å². The Morgan fingerprint density at radius 1 is 1.67 bits per heavy atom. The van der Waals surface area contributed by atoms with Gasteiger partial charge in [-0.25, -0.2) is 0 Å². The molecule has 1 nitrogen and oxygen atoms in total. The van der Waals surface area contributed by atoms with Crippen LogP contribution in [0.15, 0.2) is 0 Å². The Bertz CT molecular complexity index is 30.0. The predicted molar refractivity (Wildman–Crippen MR) is 33.4 cm³/mol. The van der Waals surface area contributed by atoms with Crippen LogP contribution in [0.1, 0.15) is 0 Å². The molecule has 3 heteroatoms. The van der Waals surface area contributed by atoms with Gasteiger partial charge in [-0.1, -0.05) is 0 Å². The third-order valence-corrected chi connectivity index (χ3v) is 3.53. The minimum absolute atomic E-state index is 0.159. The maximum atomic E-state index is 4.93. The quantitative estimate of drug-likeness (QED) is 0.520. The highest BCUT2D eigenvalue weighted by Crippen LogP contribution is 2.43. The van der Waals surface area contributed by atoms with Crippen LogP contribution in [0.5, 0.6) is 0 Å². The first-order valence-electron chi connectivity index (χ1n) is 1.63. The van der Waals surface area contributed by atoms with Gasteiger partial charge in [-0.15, -0.1) is 11.4 Å². The summed E-state index contributed by atoms with van der Waals surface area (Å²) in [5.41, 5.74) is 0. The van der Waals surface area contributed by atoms with Gasteiger partial charge >= 0.3 is 0 Å². The van der Waals surface area contributed by atoms with Crippen molar-refractivity contribution in [2.45, 2.75) is 0 Å². The zero-order valence-electron chi connectivity index (χ0n) is 4.26. The van der Waals surface area contributed by atoms with E-state index >= 15 is 0 Å². The smallest absolute Gasteiger partial charge is 0.0848 e. The van der Waals surface area contributed by atoms with Crippen LogP contribution in [-0.2, 0) is 4.52 Å². The largest absolute Gasteiger partial charge is 0.352 e. The van der Waals surface area contributed by atoms with Gasteiger partial charge in [-0.3, -0.25) is 0 Å². The lowest BCUT2D eigenvalue weighted by Gasteiger charge is -2.00. The molecule has 1 atom stereocenters. The van der Waals surface area contributed by atoms with E-state index in [-0.39, 0.29) is 7.35 Å². The normalized spacial score (nSPS) is 14.5. The molecule has 0 N–H and O–H groups in total. The summed E-state index contributed by atoms with van der Waals surface area (Å²) in [6, 6.07) is 0. The Hall–Kier alpha value is 0.740. The highest BCUT2D eigenvalue weighted by atomic mass is 32.7. The molecule has 0 aliphatic rings. The van der Waals surface area contributed by atoms with Crippen LogP contribution in [0.2, 0.25) is 0 Å². The summed E-state index contributed by atoms with van der Waals surface area (Å²) in [7, 11) is 1.58. The zero-order valence-corrected chi connectivity index (χ0v) is 5.97. The average molecular weight is 124 g/mol. The molecule has 0 spiro atoms. The molecule has 0 aromatic carbocycles. The van der Waals surface area contributed by atoms with E-state index in [1.54, 1.807) is 18.5 Å². The van der Waals surface area contributed by atoms with Gasteiger partial charge in [0.25, 0.3) is 0 Å². The second-order valence-corrected chi connectivity index (χ2v) is 5.05. The maximum absolute atomic E-state index is 4.93. The van der Waals surface area contributed by atoms with Gasteiger partial charge in [0, 0.05) is 7.11 Å². The summed E-state index contributed by atoms with van der Waals surface area (Å²) >= 11 is 1.77. The molecule has 6 heavy (non-hydrogen) atoms. The topological polar surface area (TPSA) is 9.23 Å². The molecule has 0 saturated heterocycles. The van der Waals surface area contributed by atoms with E-state index in [0.717, 1.165) is 0 Å². The van der Waals surface area contributed by atoms with Gasteiger partial charge in [-0.2, -0.15) is 0 Å². The second-order valence-electron chi connectivity index (χ2n) is 0.805. The molecule has 38 valence electrons. The van der Waals surface area contributed by atoms with Crippen LogP contribution in [0.4, 0.5) is 0 Å². The van der Waals surface area contributed by atoms with E-state index in [0.29, 0.717) is 0 Å². The molecule has 0 fully saturated rings. The zero-order chi connectivity index (χ0) is 4.99. The molecule has 0 aliphatic carbocycles. The van der Waals surface area contributed by atoms with Gasteiger partial charge in [0.1, 0.15) is 0 Å². The molecule has 0 aromatic heterocycles. The number of hydrogen-bond acceptors (Lipinski definition) is 2. The van der Waals surface area contributed by atoms with Crippen molar-refractivity contribution in [2.75, 3.05) is 20.0 Å². The monoisotopic (exact) mass is 124 g/mol. The molecule has 0 saturated carbocycles. The standard InChI is InChI=1S/C3H9OPS/c1-4-5(2)6-3/h1-3H3. The van der Waals surface area contributed by atoms with E-state index in [4.69, 9.17) is 4.52 Å². The Morgan fingerprint density at radius 2 is 2.17 bits per heavy atom. The summed E-state index contributed by atoms with van der Waals surface area (Å²) in [5, 5.41) is 0. The van der Waals surface area contributed by atoms with Crippen LogP contribution in [-0.4, -0.2) is 20.0 Å². The number of rotatable bonds is 2. The third kappa shape index (κ3) is 2.95. The number of hydrogen-bond donors (Lipinski definition) is 0. The van der Waals surface area contributed by atoms with Crippen LogP contribution < -0.4 is 0 Å². The van der Waals surface area contributed by atoms with E-state index in [1.165, 1.54) is 0 Å². The predicted octanol–water partition coefficient (Wildman–Crippen LogP) is 1.94. The van der Waals surface area contributed by atoms with Gasteiger partial charge in [-0.05, 0) is 12.9 Å². The fraction of sp³-hybridized carbons (Fsp3) is 1.00. The van der Waals surface area contributed by atoms with Crippen molar-refractivity contribution in [1.82, 2.24) is 0 Å². The van der Waals surface area contributed by atoms with E-state index in [2.05, 4.69) is 12.9 Å². The minimum Gasteiger partial charge on any atom is -0.352 e. The molecule has 0 aromatic rings. The lowest BCUT2D eigenvalue weighted by Crippen LogP contribution is -1.63. The first kappa shape index (κ1) is 6.74. The molecular weight excluding hydrogens is 115 g/mol. The molecular formula is C3H9OPS. The molecule has 0 amide bonds. The lowest BCUT2D eigenvalue weighted by atomic mass is 11.8. The van der Waals surface area contributed by atoms with Crippen molar-refractivity contribution in [3.05, 3.63) is 0 Å².